The van der Waals surface area contributed by atoms with Gasteiger partial charge in [0, 0.05) is 28.1 Å². The van der Waals surface area contributed by atoms with Crippen molar-refractivity contribution in [2.45, 2.75) is 19.5 Å². The van der Waals surface area contributed by atoms with Crippen LogP contribution in [0.15, 0.2) is 51.4 Å². The first-order valence-corrected chi connectivity index (χ1v) is 8.51. The predicted molar refractivity (Wildman–Crippen MR) is 96.3 cm³/mol. The van der Waals surface area contributed by atoms with Crippen LogP contribution in [0.25, 0.3) is 0 Å². The molecular formula is C17H20Br2N2. The van der Waals surface area contributed by atoms with E-state index in [0.29, 0.717) is 6.54 Å². The Morgan fingerprint density at radius 3 is 2.43 bits per heavy atom. The van der Waals surface area contributed by atoms with Crippen LogP contribution >= 0.6 is 31.9 Å². The lowest BCUT2D eigenvalue weighted by atomic mass is 10.0. The van der Waals surface area contributed by atoms with Crippen LogP contribution in [0.2, 0.25) is 0 Å². The highest BCUT2D eigenvalue weighted by molar-refractivity contribution is 9.10. The lowest BCUT2D eigenvalue weighted by Gasteiger charge is -2.28. The summed E-state index contributed by atoms with van der Waals surface area (Å²) in [4.78, 5) is 2.29. The fourth-order valence-electron chi connectivity index (χ4n) is 2.45. The molecule has 2 nitrogen and oxygen atoms in total. The molecule has 0 aliphatic carbocycles. The van der Waals surface area contributed by atoms with Crippen LogP contribution in [0.4, 0.5) is 0 Å². The highest BCUT2D eigenvalue weighted by atomic mass is 79.9. The van der Waals surface area contributed by atoms with Crippen molar-refractivity contribution in [3.63, 3.8) is 0 Å². The van der Waals surface area contributed by atoms with Crippen molar-refractivity contribution >= 4 is 31.9 Å². The van der Waals surface area contributed by atoms with Crippen molar-refractivity contribution in [3.05, 3.63) is 68.1 Å². The van der Waals surface area contributed by atoms with Gasteiger partial charge in [-0.25, -0.2) is 0 Å². The third-order valence-corrected chi connectivity index (χ3v) is 5.36. The second kappa shape index (κ2) is 7.54. The molecule has 0 spiro atoms. The van der Waals surface area contributed by atoms with E-state index in [1.807, 2.05) is 6.07 Å². The summed E-state index contributed by atoms with van der Waals surface area (Å²) in [6, 6.07) is 15.0. The normalized spacial score (nSPS) is 12.7. The minimum absolute atomic E-state index is 0.212. The number of nitrogens with two attached hydrogens (primary N) is 1. The first-order valence-electron chi connectivity index (χ1n) is 6.92. The molecule has 1 atom stereocenters. The molecule has 1 unspecified atom stereocenters. The first-order chi connectivity index (χ1) is 10.0. The molecule has 21 heavy (non-hydrogen) atoms. The lowest BCUT2D eigenvalue weighted by molar-refractivity contribution is 0.241. The van der Waals surface area contributed by atoms with Crippen molar-refractivity contribution in [3.8, 4) is 0 Å². The number of benzene rings is 2. The van der Waals surface area contributed by atoms with E-state index in [4.69, 9.17) is 5.73 Å². The molecule has 4 heteroatoms. The zero-order chi connectivity index (χ0) is 15.4. The summed E-state index contributed by atoms with van der Waals surface area (Å²) in [7, 11) is 2.12. The van der Waals surface area contributed by atoms with E-state index in [2.05, 4.69) is 87.1 Å². The molecule has 0 radical (unpaired) electrons. The molecule has 112 valence electrons. The number of nitrogens with zero attached hydrogens (tertiary/aromatic N) is 1. The van der Waals surface area contributed by atoms with Gasteiger partial charge in [-0.05, 0) is 42.8 Å². The van der Waals surface area contributed by atoms with E-state index in [1.54, 1.807) is 0 Å². The molecule has 0 aliphatic rings. The van der Waals surface area contributed by atoms with E-state index < -0.39 is 0 Å². The molecule has 0 saturated heterocycles. The number of likely N-dealkylation sites (N-methyl/N-ethyl adjacent to an activating group) is 1. The summed E-state index contributed by atoms with van der Waals surface area (Å²) < 4.78 is 2.27. The maximum atomic E-state index is 6.02. The fraction of sp³-hybridized carbons (Fsp3) is 0.294. The zero-order valence-electron chi connectivity index (χ0n) is 12.3. The van der Waals surface area contributed by atoms with E-state index in [-0.39, 0.29) is 6.04 Å². The number of rotatable bonds is 5. The van der Waals surface area contributed by atoms with Gasteiger partial charge in [-0.3, -0.25) is 4.90 Å². The topological polar surface area (TPSA) is 29.3 Å². The third kappa shape index (κ3) is 4.16. The van der Waals surface area contributed by atoms with Gasteiger partial charge in [0.05, 0.1) is 0 Å². The van der Waals surface area contributed by atoms with Crippen LogP contribution < -0.4 is 5.73 Å². The second-order valence-electron chi connectivity index (χ2n) is 5.27. The van der Waals surface area contributed by atoms with Gasteiger partial charge in [0.25, 0.3) is 0 Å². The van der Waals surface area contributed by atoms with Gasteiger partial charge in [-0.15, -0.1) is 0 Å². The van der Waals surface area contributed by atoms with Crippen molar-refractivity contribution < 1.29 is 0 Å². The summed E-state index contributed by atoms with van der Waals surface area (Å²) >= 11 is 7.16. The standard InChI is InChI=1S/C17H20Br2N2/c1-12-9-13(7-8-15(12)18)17(10-20)21(2)11-14-5-3-4-6-16(14)19/h3-9,17H,10-11,20H2,1-2H3. The van der Waals surface area contributed by atoms with Crippen LogP contribution in [0.5, 0.6) is 0 Å². The van der Waals surface area contributed by atoms with Crippen LogP contribution in [0.1, 0.15) is 22.7 Å². The highest BCUT2D eigenvalue weighted by Crippen LogP contribution is 2.26. The highest BCUT2D eigenvalue weighted by Gasteiger charge is 2.17. The van der Waals surface area contributed by atoms with Gasteiger partial charge in [-0.1, -0.05) is 62.2 Å². The molecule has 0 amide bonds. The molecule has 0 bridgehead atoms. The molecule has 0 fully saturated rings. The van der Waals surface area contributed by atoms with Crippen LogP contribution in [0.3, 0.4) is 0 Å². The Morgan fingerprint density at radius 2 is 1.81 bits per heavy atom. The number of aryl methyl sites for hydroxylation is 1. The quantitative estimate of drug-likeness (QED) is 0.775. The monoisotopic (exact) mass is 410 g/mol. The van der Waals surface area contributed by atoms with Crippen molar-refractivity contribution in [1.29, 1.82) is 0 Å². The number of halogens is 2. The maximum absolute atomic E-state index is 6.02. The maximum Gasteiger partial charge on any atom is 0.0471 e. The predicted octanol–water partition coefficient (Wildman–Crippen LogP) is 4.65. The first kappa shape index (κ1) is 16.7. The van der Waals surface area contributed by atoms with Gasteiger partial charge in [-0.2, -0.15) is 0 Å². The van der Waals surface area contributed by atoms with Gasteiger partial charge < -0.3 is 5.73 Å². The van der Waals surface area contributed by atoms with Gasteiger partial charge in [0.15, 0.2) is 0 Å². The second-order valence-corrected chi connectivity index (χ2v) is 6.98. The van der Waals surface area contributed by atoms with Gasteiger partial charge in [0.2, 0.25) is 0 Å². The Balaban J connectivity index is 2.20. The van der Waals surface area contributed by atoms with Crippen molar-refractivity contribution in [2.24, 2.45) is 5.73 Å². The molecular weight excluding hydrogens is 392 g/mol. The fourth-order valence-corrected chi connectivity index (χ4v) is 3.11. The third-order valence-electron chi connectivity index (χ3n) is 3.70. The summed E-state index contributed by atoms with van der Waals surface area (Å²) in [5, 5.41) is 0. The Morgan fingerprint density at radius 1 is 1.10 bits per heavy atom. The van der Waals surface area contributed by atoms with Crippen LogP contribution in [-0.2, 0) is 6.54 Å². The SMILES string of the molecule is Cc1cc(C(CN)N(C)Cc2ccccc2Br)ccc1Br. The average molecular weight is 412 g/mol. The van der Waals surface area contributed by atoms with Crippen LogP contribution in [-0.4, -0.2) is 18.5 Å². The largest absolute Gasteiger partial charge is 0.329 e. The Hall–Kier alpha value is -0.680. The van der Waals surface area contributed by atoms with Crippen molar-refractivity contribution in [1.82, 2.24) is 4.90 Å². The van der Waals surface area contributed by atoms with Gasteiger partial charge >= 0.3 is 0 Å². The minimum Gasteiger partial charge on any atom is -0.329 e. The van der Waals surface area contributed by atoms with E-state index in [0.717, 1.165) is 15.5 Å². The molecule has 0 aromatic heterocycles. The van der Waals surface area contributed by atoms with E-state index >= 15 is 0 Å². The Bertz CT molecular complexity index is 613. The number of hydrogen-bond acceptors (Lipinski definition) is 2. The Kier molecular flexibility index (Phi) is 5.99. The Labute approximate surface area is 143 Å². The smallest absolute Gasteiger partial charge is 0.0471 e. The van der Waals surface area contributed by atoms with E-state index in [9.17, 15) is 0 Å². The average Bonchev–Trinajstić information content (AvgIpc) is 2.46. The molecule has 2 aromatic carbocycles. The molecule has 0 heterocycles. The summed E-state index contributed by atoms with van der Waals surface area (Å²) in [5.41, 5.74) is 9.78. The minimum atomic E-state index is 0.212. The summed E-state index contributed by atoms with van der Waals surface area (Å²) in [5.74, 6) is 0. The molecule has 0 aliphatic heterocycles. The van der Waals surface area contributed by atoms with Crippen LogP contribution in [0, 0.1) is 6.92 Å². The van der Waals surface area contributed by atoms with E-state index in [1.165, 1.54) is 16.7 Å². The summed E-state index contributed by atoms with van der Waals surface area (Å²) in [6.07, 6.45) is 0. The molecule has 2 N–H and O–H groups in total. The van der Waals surface area contributed by atoms with Crippen molar-refractivity contribution in [2.75, 3.05) is 13.6 Å². The zero-order valence-corrected chi connectivity index (χ0v) is 15.5. The lowest BCUT2D eigenvalue weighted by Crippen LogP contribution is -2.30. The molecule has 0 saturated carbocycles. The van der Waals surface area contributed by atoms with Gasteiger partial charge in [0.1, 0.15) is 0 Å². The summed E-state index contributed by atoms with van der Waals surface area (Å²) in [6.45, 7) is 3.56. The molecule has 2 aromatic rings. The number of hydrogen-bond donors (Lipinski definition) is 1. The molecule has 2 rings (SSSR count).